The first-order valence-corrected chi connectivity index (χ1v) is 8.61. The summed E-state index contributed by atoms with van der Waals surface area (Å²) in [5.74, 6) is 1.24. The van der Waals surface area contributed by atoms with E-state index in [4.69, 9.17) is 9.47 Å². The van der Waals surface area contributed by atoms with E-state index in [1.54, 1.807) is 24.3 Å². The van der Waals surface area contributed by atoms with Crippen LogP contribution in [0.5, 0.6) is 11.5 Å². The Morgan fingerprint density at radius 3 is 2.38 bits per heavy atom. The van der Waals surface area contributed by atoms with Gasteiger partial charge in [0.15, 0.2) is 0 Å². The number of para-hydroxylation sites is 2. The van der Waals surface area contributed by atoms with Crippen LogP contribution in [0.1, 0.15) is 18.4 Å². The summed E-state index contributed by atoms with van der Waals surface area (Å²) in [5, 5.41) is 5.33. The maximum atomic E-state index is 11.7. The summed E-state index contributed by atoms with van der Waals surface area (Å²) in [6.45, 7) is 3.12. The van der Waals surface area contributed by atoms with Gasteiger partial charge in [0, 0.05) is 19.5 Å². The predicted octanol–water partition coefficient (Wildman–Crippen LogP) is 3.06. The van der Waals surface area contributed by atoms with Gasteiger partial charge in [-0.15, -0.1) is 0 Å². The molecule has 6 nitrogen and oxygen atoms in total. The SMILES string of the molecule is Cc1ccccc1OCCCC(=O)NCCNC(=O)Oc1ccccc1. The number of aryl methyl sites for hydroxylation is 1. The summed E-state index contributed by atoms with van der Waals surface area (Å²) in [4.78, 5) is 23.3. The number of hydrogen-bond acceptors (Lipinski definition) is 4. The molecule has 0 aromatic heterocycles. The maximum absolute atomic E-state index is 11.7. The van der Waals surface area contributed by atoms with Crippen molar-refractivity contribution >= 4 is 12.0 Å². The highest BCUT2D eigenvalue weighted by Gasteiger charge is 2.05. The highest BCUT2D eigenvalue weighted by Crippen LogP contribution is 2.16. The van der Waals surface area contributed by atoms with Gasteiger partial charge in [0.25, 0.3) is 0 Å². The van der Waals surface area contributed by atoms with Crippen molar-refractivity contribution in [2.24, 2.45) is 0 Å². The van der Waals surface area contributed by atoms with Crippen LogP contribution in [0.2, 0.25) is 0 Å². The molecule has 2 aromatic carbocycles. The molecule has 0 saturated heterocycles. The number of benzene rings is 2. The zero-order chi connectivity index (χ0) is 18.6. The Labute approximate surface area is 153 Å². The molecule has 26 heavy (non-hydrogen) atoms. The molecule has 0 aliphatic heterocycles. The van der Waals surface area contributed by atoms with Crippen LogP contribution < -0.4 is 20.1 Å². The number of nitrogens with one attached hydrogen (secondary N) is 2. The van der Waals surface area contributed by atoms with Crippen molar-refractivity contribution < 1.29 is 19.1 Å². The lowest BCUT2D eigenvalue weighted by atomic mass is 10.2. The molecule has 0 aliphatic rings. The first-order valence-electron chi connectivity index (χ1n) is 8.61. The van der Waals surface area contributed by atoms with Crippen LogP contribution in [0.15, 0.2) is 54.6 Å². The molecule has 0 saturated carbocycles. The van der Waals surface area contributed by atoms with Crippen LogP contribution in [0.4, 0.5) is 4.79 Å². The molecule has 2 rings (SSSR count). The third-order valence-corrected chi connectivity index (χ3v) is 3.57. The Kier molecular flexibility index (Phi) is 7.99. The van der Waals surface area contributed by atoms with Gasteiger partial charge in [0.05, 0.1) is 6.61 Å². The van der Waals surface area contributed by atoms with Crippen molar-refractivity contribution in [3.8, 4) is 11.5 Å². The summed E-state index contributed by atoms with van der Waals surface area (Å²) in [6.07, 6.45) is 0.460. The van der Waals surface area contributed by atoms with Gasteiger partial charge in [-0.3, -0.25) is 4.79 Å². The van der Waals surface area contributed by atoms with Gasteiger partial charge in [0.1, 0.15) is 11.5 Å². The minimum absolute atomic E-state index is 0.0726. The van der Waals surface area contributed by atoms with Crippen molar-refractivity contribution in [2.75, 3.05) is 19.7 Å². The third kappa shape index (κ3) is 7.25. The topological polar surface area (TPSA) is 76.7 Å². The van der Waals surface area contributed by atoms with Crippen LogP contribution in [-0.4, -0.2) is 31.7 Å². The first kappa shape index (κ1) is 19.3. The Bertz CT molecular complexity index is 704. The molecule has 138 valence electrons. The lowest BCUT2D eigenvalue weighted by Gasteiger charge is -2.09. The maximum Gasteiger partial charge on any atom is 0.412 e. The van der Waals surface area contributed by atoms with Crippen LogP contribution in [0.25, 0.3) is 0 Å². The van der Waals surface area contributed by atoms with E-state index < -0.39 is 6.09 Å². The molecule has 6 heteroatoms. The van der Waals surface area contributed by atoms with Gasteiger partial charge in [-0.1, -0.05) is 36.4 Å². The second kappa shape index (κ2) is 10.8. The predicted molar refractivity (Wildman–Crippen MR) is 99.4 cm³/mol. The van der Waals surface area contributed by atoms with Gasteiger partial charge < -0.3 is 20.1 Å². The Morgan fingerprint density at radius 2 is 1.62 bits per heavy atom. The minimum Gasteiger partial charge on any atom is -0.493 e. The van der Waals surface area contributed by atoms with Crippen molar-refractivity contribution in [1.82, 2.24) is 10.6 Å². The monoisotopic (exact) mass is 356 g/mol. The van der Waals surface area contributed by atoms with E-state index in [0.29, 0.717) is 38.3 Å². The molecule has 2 amide bonds. The molecule has 0 heterocycles. The van der Waals surface area contributed by atoms with Gasteiger partial charge in [0.2, 0.25) is 5.91 Å². The summed E-state index contributed by atoms with van der Waals surface area (Å²) in [5.41, 5.74) is 1.07. The average molecular weight is 356 g/mol. The van der Waals surface area contributed by atoms with E-state index in [-0.39, 0.29) is 5.91 Å². The quantitative estimate of drug-likeness (QED) is 0.677. The van der Waals surface area contributed by atoms with Crippen LogP contribution in [0, 0.1) is 6.92 Å². The highest BCUT2D eigenvalue weighted by atomic mass is 16.6. The standard InChI is InChI=1S/C20H24N2O4/c1-16-8-5-6-11-18(16)25-15-7-12-19(23)21-13-14-22-20(24)26-17-9-3-2-4-10-17/h2-6,8-11H,7,12-15H2,1H3,(H,21,23)(H,22,24). The molecule has 0 spiro atoms. The molecule has 2 N–H and O–H groups in total. The van der Waals surface area contributed by atoms with E-state index in [2.05, 4.69) is 10.6 Å². The van der Waals surface area contributed by atoms with E-state index in [9.17, 15) is 9.59 Å². The fraction of sp³-hybridized carbons (Fsp3) is 0.300. The minimum atomic E-state index is -0.544. The molecule has 0 bridgehead atoms. The molecule has 0 fully saturated rings. The third-order valence-electron chi connectivity index (χ3n) is 3.57. The second-order valence-electron chi connectivity index (χ2n) is 5.70. The summed E-state index contributed by atoms with van der Waals surface area (Å²) >= 11 is 0. The van der Waals surface area contributed by atoms with E-state index in [1.165, 1.54) is 0 Å². The summed E-state index contributed by atoms with van der Waals surface area (Å²) in [6, 6.07) is 16.6. The molecular weight excluding hydrogens is 332 g/mol. The summed E-state index contributed by atoms with van der Waals surface area (Å²) < 4.78 is 10.7. The molecular formula is C20H24N2O4. The smallest absolute Gasteiger partial charge is 0.412 e. The van der Waals surface area contributed by atoms with Crippen LogP contribution in [0.3, 0.4) is 0 Å². The first-order chi connectivity index (χ1) is 12.6. The highest BCUT2D eigenvalue weighted by molar-refractivity contribution is 5.76. The number of carbonyl (C=O) groups is 2. The molecule has 0 unspecified atom stereocenters. The molecule has 2 aromatic rings. The van der Waals surface area contributed by atoms with Gasteiger partial charge in [-0.2, -0.15) is 0 Å². The van der Waals surface area contributed by atoms with E-state index in [1.807, 2.05) is 37.3 Å². The Morgan fingerprint density at radius 1 is 0.923 bits per heavy atom. The van der Waals surface area contributed by atoms with Crippen molar-refractivity contribution in [1.29, 1.82) is 0 Å². The second-order valence-corrected chi connectivity index (χ2v) is 5.70. The zero-order valence-corrected chi connectivity index (χ0v) is 14.9. The number of ether oxygens (including phenoxy) is 2. The fourth-order valence-corrected chi connectivity index (χ4v) is 2.22. The van der Waals surface area contributed by atoms with Crippen molar-refractivity contribution in [3.63, 3.8) is 0 Å². The Balaban J connectivity index is 1.51. The van der Waals surface area contributed by atoms with Gasteiger partial charge >= 0.3 is 6.09 Å². The molecule has 0 radical (unpaired) electrons. The normalized spacial score (nSPS) is 10.0. The van der Waals surface area contributed by atoms with Crippen molar-refractivity contribution in [2.45, 2.75) is 19.8 Å². The Hall–Kier alpha value is -3.02. The summed E-state index contributed by atoms with van der Waals surface area (Å²) in [7, 11) is 0. The largest absolute Gasteiger partial charge is 0.493 e. The molecule has 0 aliphatic carbocycles. The molecule has 0 atom stereocenters. The van der Waals surface area contributed by atoms with E-state index >= 15 is 0 Å². The lowest BCUT2D eigenvalue weighted by Crippen LogP contribution is -2.36. The van der Waals surface area contributed by atoms with Crippen LogP contribution in [-0.2, 0) is 4.79 Å². The lowest BCUT2D eigenvalue weighted by molar-refractivity contribution is -0.121. The number of carbonyl (C=O) groups excluding carboxylic acids is 2. The van der Waals surface area contributed by atoms with Gasteiger partial charge in [-0.05, 0) is 37.1 Å². The van der Waals surface area contributed by atoms with E-state index in [0.717, 1.165) is 11.3 Å². The zero-order valence-electron chi connectivity index (χ0n) is 14.9. The number of hydrogen-bond donors (Lipinski definition) is 2. The average Bonchev–Trinajstić information content (AvgIpc) is 2.64. The number of amides is 2. The van der Waals surface area contributed by atoms with Gasteiger partial charge in [-0.25, -0.2) is 4.79 Å². The van der Waals surface area contributed by atoms with Crippen molar-refractivity contribution in [3.05, 3.63) is 60.2 Å². The fourth-order valence-electron chi connectivity index (χ4n) is 2.22. The van der Waals surface area contributed by atoms with Crippen LogP contribution >= 0.6 is 0 Å². The number of rotatable bonds is 9.